The average molecular weight is 266 g/mol. The van der Waals surface area contributed by atoms with Crippen LogP contribution < -0.4 is 5.32 Å². The van der Waals surface area contributed by atoms with Gasteiger partial charge in [-0.05, 0) is 51.1 Å². The predicted molar refractivity (Wildman–Crippen MR) is 78.4 cm³/mol. The summed E-state index contributed by atoms with van der Waals surface area (Å²) < 4.78 is 6.20. The fraction of sp³-hybridized carbons (Fsp3) is 1.00. The summed E-state index contributed by atoms with van der Waals surface area (Å²) in [5, 5.41) is 3.75. The summed E-state index contributed by atoms with van der Waals surface area (Å²) in [4.78, 5) is 2.67. The van der Waals surface area contributed by atoms with E-state index in [4.69, 9.17) is 4.74 Å². The Hall–Kier alpha value is -0.120. The van der Waals surface area contributed by atoms with Gasteiger partial charge in [-0.25, -0.2) is 0 Å². The van der Waals surface area contributed by atoms with E-state index in [9.17, 15) is 0 Å². The number of fused-ring (bicyclic) bond motifs is 1. The van der Waals surface area contributed by atoms with Crippen molar-refractivity contribution < 1.29 is 4.74 Å². The zero-order valence-corrected chi connectivity index (χ0v) is 12.4. The van der Waals surface area contributed by atoms with E-state index in [1.807, 2.05) is 0 Å². The average Bonchev–Trinajstić information content (AvgIpc) is 3.14. The van der Waals surface area contributed by atoms with Gasteiger partial charge in [-0.15, -0.1) is 0 Å². The minimum absolute atomic E-state index is 0.430. The number of rotatable bonds is 7. The molecule has 3 heteroatoms. The number of hydrogen-bond donors (Lipinski definition) is 1. The van der Waals surface area contributed by atoms with Crippen LogP contribution in [0.3, 0.4) is 0 Å². The van der Waals surface area contributed by atoms with Gasteiger partial charge < -0.3 is 10.1 Å². The molecule has 0 radical (unpaired) electrons. The third-order valence-corrected chi connectivity index (χ3v) is 5.10. The Labute approximate surface area is 118 Å². The Balaban J connectivity index is 1.51. The van der Waals surface area contributed by atoms with Crippen molar-refractivity contribution in [3.05, 3.63) is 0 Å². The van der Waals surface area contributed by atoms with E-state index in [0.717, 1.165) is 31.7 Å². The first kappa shape index (κ1) is 13.8. The molecule has 110 valence electrons. The van der Waals surface area contributed by atoms with Gasteiger partial charge in [0.15, 0.2) is 0 Å². The molecule has 0 spiro atoms. The molecule has 3 atom stereocenters. The molecule has 0 bridgehead atoms. The van der Waals surface area contributed by atoms with Crippen LogP contribution in [0.25, 0.3) is 0 Å². The molecule has 2 heterocycles. The van der Waals surface area contributed by atoms with Gasteiger partial charge in [0, 0.05) is 18.6 Å². The summed E-state index contributed by atoms with van der Waals surface area (Å²) in [6, 6.07) is 1.31. The third-order valence-electron chi connectivity index (χ3n) is 5.10. The molecule has 1 aliphatic carbocycles. The molecular formula is C16H30N2O. The van der Waals surface area contributed by atoms with Crippen molar-refractivity contribution in [3.8, 4) is 0 Å². The zero-order chi connectivity index (χ0) is 13.1. The van der Waals surface area contributed by atoms with E-state index in [2.05, 4.69) is 17.1 Å². The maximum absolute atomic E-state index is 6.20. The summed E-state index contributed by atoms with van der Waals surface area (Å²) in [5.41, 5.74) is 0. The maximum atomic E-state index is 6.20. The quantitative estimate of drug-likeness (QED) is 0.766. The third kappa shape index (κ3) is 3.71. The van der Waals surface area contributed by atoms with Gasteiger partial charge in [0.25, 0.3) is 0 Å². The van der Waals surface area contributed by atoms with Crippen LogP contribution in [0.2, 0.25) is 0 Å². The SMILES string of the molecule is CCCNC(CCC1CC1)C1CN2CCCC2CO1. The maximum Gasteiger partial charge on any atom is 0.0855 e. The molecule has 3 nitrogen and oxygen atoms in total. The topological polar surface area (TPSA) is 24.5 Å². The minimum atomic E-state index is 0.430. The number of morpholine rings is 1. The van der Waals surface area contributed by atoms with Gasteiger partial charge in [-0.3, -0.25) is 4.90 Å². The summed E-state index contributed by atoms with van der Waals surface area (Å²) >= 11 is 0. The molecule has 1 saturated carbocycles. The Morgan fingerprint density at radius 3 is 3.00 bits per heavy atom. The molecule has 3 fully saturated rings. The van der Waals surface area contributed by atoms with Gasteiger partial charge in [0.05, 0.1) is 12.7 Å². The van der Waals surface area contributed by atoms with Crippen LogP contribution in [0, 0.1) is 5.92 Å². The molecule has 0 aromatic rings. The second-order valence-corrected chi connectivity index (χ2v) is 6.74. The number of nitrogens with zero attached hydrogens (tertiary/aromatic N) is 1. The molecule has 0 aromatic heterocycles. The highest BCUT2D eigenvalue weighted by molar-refractivity contribution is 4.91. The Morgan fingerprint density at radius 2 is 2.21 bits per heavy atom. The van der Waals surface area contributed by atoms with Crippen molar-refractivity contribution in [2.24, 2.45) is 5.92 Å². The van der Waals surface area contributed by atoms with Gasteiger partial charge in [-0.1, -0.05) is 19.8 Å². The Bertz CT molecular complexity index is 280. The van der Waals surface area contributed by atoms with Crippen LogP contribution in [0.5, 0.6) is 0 Å². The van der Waals surface area contributed by atoms with Crippen molar-refractivity contribution in [2.75, 3.05) is 26.2 Å². The van der Waals surface area contributed by atoms with E-state index in [1.54, 1.807) is 0 Å². The highest BCUT2D eigenvalue weighted by Gasteiger charge is 2.36. The molecule has 1 N–H and O–H groups in total. The second kappa shape index (κ2) is 6.55. The first-order chi connectivity index (χ1) is 9.36. The largest absolute Gasteiger partial charge is 0.374 e. The fourth-order valence-electron chi connectivity index (χ4n) is 3.66. The van der Waals surface area contributed by atoms with Crippen molar-refractivity contribution in [1.82, 2.24) is 10.2 Å². The Kier molecular flexibility index (Phi) is 4.78. The smallest absolute Gasteiger partial charge is 0.0855 e. The lowest BCUT2D eigenvalue weighted by Crippen LogP contribution is -2.54. The molecule has 3 rings (SSSR count). The summed E-state index contributed by atoms with van der Waals surface area (Å²) in [7, 11) is 0. The summed E-state index contributed by atoms with van der Waals surface area (Å²) in [6.07, 6.45) is 10.0. The van der Waals surface area contributed by atoms with Crippen LogP contribution in [0.1, 0.15) is 51.9 Å². The molecule has 19 heavy (non-hydrogen) atoms. The minimum Gasteiger partial charge on any atom is -0.374 e. The van der Waals surface area contributed by atoms with Crippen LogP contribution in [0.4, 0.5) is 0 Å². The Morgan fingerprint density at radius 1 is 1.32 bits per heavy atom. The highest BCUT2D eigenvalue weighted by Crippen LogP contribution is 2.34. The lowest BCUT2D eigenvalue weighted by atomic mass is 10.0. The van der Waals surface area contributed by atoms with E-state index < -0.39 is 0 Å². The molecule has 3 unspecified atom stereocenters. The number of ether oxygens (including phenoxy) is 1. The lowest BCUT2D eigenvalue weighted by molar-refractivity contribution is -0.0659. The van der Waals surface area contributed by atoms with Gasteiger partial charge >= 0.3 is 0 Å². The zero-order valence-electron chi connectivity index (χ0n) is 12.4. The number of nitrogens with one attached hydrogen (secondary N) is 1. The van der Waals surface area contributed by atoms with Crippen molar-refractivity contribution in [3.63, 3.8) is 0 Å². The molecule has 0 amide bonds. The molecule has 3 aliphatic rings. The predicted octanol–water partition coefficient (Wildman–Crippen LogP) is 2.41. The molecule has 0 aromatic carbocycles. The lowest BCUT2D eigenvalue weighted by Gasteiger charge is -2.39. The molecule has 2 saturated heterocycles. The van der Waals surface area contributed by atoms with E-state index in [1.165, 1.54) is 51.5 Å². The first-order valence-electron chi connectivity index (χ1n) is 8.46. The van der Waals surface area contributed by atoms with Gasteiger partial charge in [-0.2, -0.15) is 0 Å². The van der Waals surface area contributed by atoms with E-state index in [0.29, 0.717) is 12.1 Å². The van der Waals surface area contributed by atoms with E-state index >= 15 is 0 Å². The van der Waals surface area contributed by atoms with Crippen molar-refractivity contribution in [1.29, 1.82) is 0 Å². The standard InChI is InChI=1S/C16H30N2O/c1-2-9-17-15(8-7-13-5-6-13)16-11-18-10-3-4-14(18)12-19-16/h13-17H,2-12H2,1H3. The monoisotopic (exact) mass is 266 g/mol. The summed E-state index contributed by atoms with van der Waals surface area (Å²) in [6.45, 7) is 6.82. The molecule has 2 aliphatic heterocycles. The molecular weight excluding hydrogens is 236 g/mol. The van der Waals surface area contributed by atoms with Gasteiger partial charge in [0.2, 0.25) is 0 Å². The first-order valence-corrected chi connectivity index (χ1v) is 8.46. The van der Waals surface area contributed by atoms with E-state index in [-0.39, 0.29) is 0 Å². The second-order valence-electron chi connectivity index (χ2n) is 6.74. The highest BCUT2D eigenvalue weighted by atomic mass is 16.5. The van der Waals surface area contributed by atoms with Crippen LogP contribution in [0.15, 0.2) is 0 Å². The fourth-order valence-corrected chi connectivity index (χ4v) is 3.66. The van der Waals surface area contributed by atoms with Crippen molar-refractivity contribution in [2.45, 2.75) is 70.1 Å². The normalized spacial score (nSPS) is 33.3. The van der Waals surface area contributed by atoms with Crippen LogP contribution in [-0.4, -0.2) is 49.3 Å². The number of hydrogen-bond acceptors (Lipinski definition) is 3. The van der Waals surface area contributed by atoms with Gasteiger partial charge in [0.1, 0.15) is 0 Å². The summed E-state index contributed by atoms with van der Waals surface area (Å²) in [5.74, 6) is 1.04. The van der Waals surface area contributed by atoms with Crippen LogP contribution in [-0.2, 0) is 4.74 Å². The van der Waals surface area contributed by atoms with Crippen molar-refractivity contribution >= 4 is 0 Å². The van der Waals surface area contributed by atoms with Crippen LogP contribution >= 0.6 is 0 Å².